The number of rotatable bonds is 12. The lowest BCUT2D eigenvalue weighted by Gasteiger charge is -2.34. The number of nitrogens with one attached hydrogen (secondary N) is 1. The minimum absolute atomic E-state index is 0.165. The molecule has 2 aromatic carbocycles. The molecule has 0 saturated carbocycles. The molecule has 0 radical (unpaired) electrons. The van der Waals surface area contributed by atoms with E-state index in [0.29, 0.717) is 18.0 Å². The van der Waals surface area contributed by atoms with Crippen molar-refractivity contribution in [2.45, 2.75) is 26.1 Å². The largest absolute Gasteiger partial charge is 0.493 e. The number of piperazine rings is 1. The zero-order valence-corrected chi connectivity index (χ0v) is 23.0. The molecule has 0 unspecified atom stereocenters. The summed E-state index contributed by atoms with van der Waals surface area (Å²) in [5, 5.41) is 2.89. The Hall–Kier alpha value is -3.88. The minimum atomic E-state index is -0.184. The van der Waals surface area contributed by atoms with E-state index in [9.17, 15) is 4.79 Å². The van der Waals surface area contributed by atoms with E-state index < -0.39 is 0 Å². The van der Waals surface area contributed by atoms with Gasteiger partial charge in [-0.15, -0.1) is 0 Å². The van der Waals surface area contributed by atoms with Gasteiger partial charge in [-0.25, -0.2) is 0 Å². The Morgan fingerprint density at radius 2 is 1.64 bits per heavy atom. The van der Waals surface area contributed by atoms with Gasteiger partial charge in [-0.3, -0.25) is 19.6 Å². The second-order valence-corrected chi connectivity index (χ2v) is 9.68. The third-order valence-electron chi connectivity index (χ3n) is 6.66. The fourth-order valence-electron chi connectivity index (χ4n) is 4.49. The molecule has 4 rings (SSSR count). The van der Waals surface area contributed by atoms with Crippen molar-refractivity contribution in [2.24, 2.45) is 0 Å². The summed E-state index contributed by atoms with van der Waals surface area (Å²) in [4.78, 5) is 21.5. The molecule has 1 atom stereocenters. The predicted molar refractivity (Wildman–Crippen MR) is 153 cm³/mol. The van der Waals surface area contributed by atoms with Crippen molar-refractivity contribution >= 4 is 12.0 Å². The van der Waals surface area contributed by atoms with Crippen LogP contribution < -0.4 is 19.5 Å². The van der Waals surface area contributed by atoms with Crippen LogP contribution in [0, 0.1) is 0 Å². The molecule has 0 bridgehead atoms. The number of methoxy groups -OCH3 is 2. The highest BCUT2D eigenvalue weighted by Gasteiger charge is 2.17. The first-order valence-corrected chi connectivity index (χ1v) is 13.3. The van der Waals surface area contributed by atoms with Gasteiger partial charge in [0.15, 0.2) is 11.5 Å². The van der Waals surface area contributed by atoms with Crippen molar-refractivity contribution in [2.75, 3.05) is 46.9 Å². The van der Waals surface area contributed by atoms with E-state index in [-0.39, 0.29) is 12.0 Å². The lowest BCUT2D eigenvalue weighted by Crippen LogP contribution is -2.45. The maximum Gasteiger partial charge on any atom is 0.244 e. The molecule has 8 nitrogen and oxygen atoms in total. The molecule has 39 heavy (non-hydrogen) atoms. The van der Waals surface area contributed by atoms with Gasteiger partial charge in [0, 0.05) is 57.7 Å². The van der Waals surface area contributed by atoms with E-state index in [2.05, 4.69) is 38.3 Å². The summed E-state index contributed by atoms with van der Waals surface area (Å²) in [7, 11) is 3.17. The Morgan fingerprint density at radius 3 is 2.28 bits per heavy atom. The molecule has 206 valence electrons. The summed E-state index contributed by atoms with van der Waals surface area (Å²) in [6, 6.07) is 17.9. The Morgan fingerprint density at radius 1 is 0.949 bits per heavy atom. The van der Waals surface area contributed by atoms with Crippen molar-refractivity contribution < 1.29 is 19.0 Å². The van der Waals surface area contributed by atoms with Gasteiger partial charge >= 0.3 is 0 Å². The zero-order chi connectivity index (χ0) is 27.5. The average molecular weight is 531 g/mol. The molecule has 0 aliphatic carbocycles. The van der Waals surface area contributed by atoms with Crippen LogP contribution in [0.4, 0.5) is 0 Å². The molecule has 3 aromatic rings. The smallest absolute Gasteiger partial charge is 0.244 e. The fourth-order valence-corrected chi connectivity index (χ4v) is 4.49. The third kappa shape index (κ3) is 8.84. The number of hydrogen-bond donors (Lipinski definition) is 1. The van der Waals surface area contributed by atoms with Crippen molar-refractivity contribution in [3.8, 4) is 17.2 Å². The number of aromatic nitrogens is 1. The number of hydrogen-bond acceptors (Lipinski definition) is 7. The Balaban J connectivity index is 1.16. The standard InChI is InChI=1S/C31H38N4O4/c1-24(20-33-31(36)13-9-25-8-12-29(37-2)30(19-25)38-3)39-28-10-6-26(7-11-28)22-34-15-17-35(18-16-34)23-27-5-4-14-32-21-27/h4-14,19,21,24H,15-18,20,22-23H2,1-3H3,(H,33,36)/b13-9+/t24-/m0/s1. The van der Waals surface area contributed by atoms with Crippen LogP contribution in [-0.4, -0.2) is 73.7 Å². The lowest BCUT2D eigenvalue weighted by molar-refractivity contribution is -0.116. The van der Waals surface area contributed by atoms with Gasteiger partial charge in [-0.1, -0.05) is 24.3 Å². The maximum absolute atomic E-state index is 12.3. The van der Waals surface area contributed by atoms with E-state index in [1.54, 1.807) is 20.3 Å². The van der Waals surface area contributed by atoms with Gasteiger partial charge < -0.3 is 19.5 Å². The minimum Gasteiger partial charge on any atom is -0.493 e. The number of ether oxygens (including phenoxy) is 3. The van der Waals surface area contributed by atoms with Gasteiger partial charge in [-0.05, 0) is 60.0 Å². The monoisotopic (exact) mass is 530 g/mol. The molecule has 1 N–H and O–H groups in total. The quantitative estimate of drug-likeness (QED) is 0.355. The van der Waals surface area contributed by atoms with Crippen LogP contribution in [0.2, 0.25) is 0 Å². The highest BCUT2D eigenvalue weighted by molar-refractivity contribution is 5.91. The molecule has 1 aliphatic rings. The van der Waals surface area contributed by atoms with Crippen molar-refractivity contribution in [3.05, 3.63) is 89.8 Å². The number of pyridine rings is 1. The second kappa shape index (κ2) is 14.3. The first-order valence-electron chi connectivity index (χ1n) is 13.3. The topological polar surface area (TPSA) is 76.2 Å². The molecule has 1 fully saturated rings. The molecule has 8 heteroatoms. The van der Waals surface area contributed by atoms with Crippen LogP contribution in [0.25, 0.3) is 6.08 Å². The molecule has 1 amide bonds. The summed E-state index contributed by atoms with van der Waals surface area (Å²) in [5.74, 6) is 1.87. The van der Waals surface area contributed by atoms with Gasteiger partial charge in [0.2, 0.25) is 5.91 Å². The summed E-state index contributed by atoms with van der Waals surface area (Å²) in [6.07, 6.45) is 6.84. The van der Waals surface area contributed by atoms with E-state index >= 15 is 0 Å². The Bertz CT molecular complexity index is 1210. The molecular weight excluding hydrogens is 492 g/mol. The lowest BCUT2D eigenvalue weighted by atomic mass is 10.1. The van der Waals surface area contributed by atoms with Gasteiger partial charge in [0.25, 0.3) is 0 Å². The summed E-state index contributed by atoms with van der Waals surface area (Å²) in [5.41, 5.74) is 3.38. The molecular formula is C31H38N4O4. The fraction of sp³-hybridized carbons (Fsp3) is 0.355. The van der Waals surface area contributed by atoms with Crippen LogP contribution in [0.3, 0.4) is 0 Å². The van der Waals surface area contributed by atoms with Gasteiger partial charge in [0.05, 0.1) is 20.8 Å². The van der Waals surface area contributed by atoms with Crippen molar-refractivity contribution in [3.63, 3.8) is 0 Å². The highest BCUT2D eigenvalue weighted by atomic mass is 16.5. The third-order valence-corrected chi connectivity index (χ3v) is 6.66. The highest BCUT2D eigenvalue weighted by Crippen LogP contribution is 2.28. The normalized spacial score (nSPS) is 15.2. The van der Waals surface area contributed by atoms with Crippen LogP contribution in [0.15, 0.2) is 73.1 Å². The first-order chi connectivity index (χ1) is 19.0. The van der Waals surface area contributed by atoms with Gasteiger partial charge in [0.1, 0.15) is 11.9 Å². The molecule has 2 heterocycles. The number of carbonyl (C=O) groups is 1. The first kappa shape index (κ1) is 28.1. The average Bonchev–Trinajstić information content (AvgIpc) is 2.97. The van der Waals surface area contributed by atoms with Gasteiger partial charge in [-0.2, -0.15) is 0 Å². The number of amides is 1. The number of benzene rings is 2. The van der Waals surface area contributed by atoms with E-state index in [1.807, 2.05) is 55.7 Å². The second-order valence-electron chi connectivity index (χ2n) is 9.68. The van der Waals surface area contributed by atoms with E-state index in [1.165, 1.54) is 17.2 Å². The van der Waals surface area contributed by atoms with E-state index in [4.69, 9.17) is 14.2 Å². The Labute approximate surface area is 231 Å². The maximum atomic E-state index is 12.3. The SMILES string of the molecule is COc1ccc(/C=C/C(=O)NC[C@H](C)Oc2ccc(CN3CCN(Cc4cccnc4)CC3)cc2)cc1OC. The van der Waals surface area contributed by atoms with Crippen LogP contribution in [0.1, 0.15) is 23.6 Å². The number of nitrogens with zero attached hydrogens (tertiary/aromatic N) is 3. The van der Waals surface area contributed by atoms with Crippen LogP contribution >= 0.6 is 0 Å². The molecule has 0 spiro atoms. The summed E-state index contributed by atoms with van der Waals surface area (Å²) < 4.78 is 16.6. The van der Waals surface area contributed by atoms with Crippen LogP contribution in [-0.2, 0) is 17.9 Å². The zero-order valence-electron chi connectivity index (χ0n) is 23.0. The van der Waals surface area contributed by atoms with E-state index in [0.717, 1.165) is 50.6 Å². The predicted octanol–water partition coefficient (Wildman–Crippen LogP) is 4.01. The molecule has 1 saturated heterocycles. The molecule has 1 aliphatic heterocycles. The van der Waals surface area contributed by atoms with Crippen molar-refractivity contribution in [1.29, 1.82) is 0 Å². The Kier molecular flexibility index (Phi) is 10.3. The molecule has 1 aromatic heterocycles. The summed E-state index contributed by atoms with van der Waals surface area (Å²) >= 11 is 0. The van der Waals surface area contributed by atoms with Crippen molar-refractivity contribution in [1.82, 2.24) is 20.1 Å². The van der Waals surface area contributed by atoms with Crippen LogP contribution in [0.5, 0.6) is 17.2 Å². The summed E-state index contributed by atoms with van der Waals surface area (Å²) in [6.45, 7) is 8.45. The number of carbonyl (C=O) groups excluding carboxylic acids is 1.